The number of benzene rings is 1. The van der Waals surface area contributed by atoms with E-state index in [0.717, 1.165) is 0 Å². The number of para-hydroxylation sites is 1. The summed E-state index contributed by atoms with van der Waals surface area (Å²) in [6.07, 6.45) is 0. The fraction of sp³-hybridized carbons (Fsp3) is 0.316. The second-order valence-corrected chi connectivity index (χ2v) is 6.23. The first-order valence-corrected chi connectivity index (χ1v) is 8.50. The van der Waals surface area contributed by atoms with Gasteiger partial charge in [-0.2, -0.15) is 0 Å². The van der Waals surface area contributed by atoms with E-state index in [1.807, 2.05) is 30.3 Å². The van der Waals surface area contributed by atoms with Crippen molar-refractivity contribution < 1.29 is 23.5 Å². The van der Waals surface area contributed by atoms with Crippen LogP contribution < -0.4 is 20.9 Å². The van der Waals surface area contributed by atoms with Crippen LogP contribution in [0, 0.1) is 5.92 Å². The Morgan fingerprint density at radius 2 is 1.74 bits per heavy atom. The first kappa shape index (κ1) is 20.0. The SMILES string of the molecule is CC(=O)N[C@@H](C(=O)NNC(=O)c1ccc(COc2ccccc2)o1)C(C)C. The molecular formula is C19H23N3O5. The van der Waals surface area contributed by atoms with Gasteiger partial charge in [0.25, 0.3) is 5.91 Å². The number of hydrogen-bond acceptors (Lipinski definition) is 5. The molecule has 0 aliphatic rings. The molecule has 8 heteroatoms. The van der Waals surface area contributed by atoms with E-state index in [2.05, 4.69) is 16.2 Å². The molecule has 0 aliphatic heterocycles. The Hall–Kier alpha value is -3.29. The fourth-order valence-corrected chi connectivity index (χ4v) is 2.26. The second-order valence-electron chi connectivity index (χ2n) is 6.23. The molecule has 0 aliphatic carbocycles. The summed E-state index contributed by atoms with van der Waals surface area (Å²) < 4.78 is 11.0. The number of hydrogen-bond donors (Lipinski definition) is 3. The van der Waals surface area contributed by atoms with E-state index in [4.69, 9.17) is 9.15 Å². The first-order valence-electron chi connectivity index (χ1n) is 8.50. The fourth-order valence-electron chi connectivity index (χ4n) is 2.26. The molecule has 0 saturated carbocycles. The summed E-state index contributed by atoms with van der Waals surface area (Å²) in [5, 5.41) is 2.54. The molecule has 8 nitrogen and oxygen atoms in total. The Kier molecular flexibility index (Phi) is 6.99. The molecule has 0 radical (unpaired) electrons. The van der Waals surface area contributed by atoms with Crippen LogP contribution in [0.4, 0.5) is 0 Å². The average Bonchev–Trinajstić information content (AvgIpc) is 3.12. The number of nitrogens with one attached hydrogen (secondary N) is 3. The molecule has 0 unspecified atom stereocenters. The van der Waals surface area contributed by atoms with Gasteiger partial charge in [0.15, 0.2) is 5.76 Å². The molecule has 1 atom stereocenters. The lowest BCUT2D eigenvalue weighted by Gasteiger charge is -2.20. The third kappa shape index (κ3) is 6.18. The second kappa shape index (κ2) is 9.42. The molecule has 27 heavy (non-hydrogen) atoms. The molecular weight excluding hydrogens is 350 g/mol. The number of carbonyl (C=O) groups excluding carboxylic acids is 3. The Balaban J connectivity index is 1.86. The van der Waals surface area contributed by atoms with Crippen LogP contribution in [-0.2, 0) is 16.2 Å². The van der Waals surface area contributed by atoms with Crippen molar-refractivity contribution in [1.82, 2.24) is 16.2 Å². The molecule has 1 heterocycles. The molecule has 1 aromatic heterocycles. The van der Waals surface area contributed by atoms with Crippen LogP contribution in [0.2, 0.25) is 0 Å². The van der Waals surface area contributed by atoms with Gasteiger partial charge < -0.3 is 14.5 Å². The molecule has 144 valence electrons. The van der Waals surface area contributed by atoms with Crippen LogP contribution in [-0.4, -0.2) is 23.8 Å². The van der Waals surface area contributed by atoms with Crippen molar-refractivity contribution in [2.45, 2.75) is 33.4 Å². The average molecular weight is 373 g/mol. The van der Waals surface area contributed by atoms with Gasteiger partial charge in [0.2, 0.25) is 5.91 Å². The van der Waals surface area contributed by atoms with Gasteiger partial charge in [-0.3, -0.25) is 25.2 Å². The van der Waals surface area contributed by atoms with Gasteiger partial charge in [-0.05, 0) is 30.2 Å². The highest BCUT2D eigenvalue weighted by Gasteiger charge is 2.23. The molecule has 2 rings (SSSR count). The van der Waals surface area contributed by atoms with Gasteiger partial charge in [-0.25, -0.2) is 0 Å². The van der Waals surface area contributed by atoms with Crippen molar-refractivity contribution in [1.29, 1.82) is 0 Å². The van der Waals surface area contributed by atoms with Crippen LogP contribution in [0.1, 0.15) is 37.1 Å². The molecule has 0 bridgehead atoms. The van der Waals surface area contributed by atoms with Crippen molar-refractivity contribution in [3.05, 3.63) is 54.0 Å². The van der Waals surface area contributed by atoms with E-state index in [1.54, 1.807) is 19.9 Å². The highest BCUT2D eigenvalue weighted by molar-refractivity contribution is 5.94. The van der Waals surface area contributed by atoms with E-state index in [0.29, 0.717) is 11.5 Å². The van der Waals surface area contributed by atoms with Crippen molar-refractivity contribution in [3.8, 4) is 5.75 Å². The third-order valence-corrected chi connectivity index (χ3v) is 3.62. The summed E-state index contributed by atoms with van der Waals surface area (Å²) in [6, 6.07) is 11.6. The number of amides is 3. The first-order chi connectivity index (χ1) is 12.9. The zero-order valence-electron chi connectivity index (χ0n) is 15.4. The summed E-state index contributed by atoms with van der Waals surface area (Å²) in [7, 11) is 0. The van der Waals surface area contributed by atoms with Crippen molar-refractivity contribution >= 4 is 17.7 Å². The largest absolute Gasteiger partial charge is 0.486 e. The van der Waals surface area contributed by atoms with Gasteiger partial charge in [0.05, 0.1) is 0 Å². The maximum absolute atomic E-state index is 12.1. The molecule has 3 N–H and O–H groups in total. The molecule has 0 saturated heterocycles. The van der Waals surface area contributed by atoms with Gasteiger partial charge >= 0.3 is 5.91 Å². The van der Waals surface area contributed by atoms with Gasteiger partial charge in [-0.15, -0.1) is 0 Å². The predicted molar refractivity (Wildman–Crippen MR) is 97.5 cm³/mol. The molecule has 0 fully saturated rings. The normalized spacial score (nSPS) is 11.6. The Morgan fingerprint density at radius 3 is 2.37 bits per heavy atom. The lowest BCUT2D eigenvalue weighted by Crippen LogP contribution is -2.54. The van der Waals surface area contributed by atoms with Crippen molar-refractivity contribution in [3.63, 3.8) is 0 Å². The molecule has 3 amide bonds. The van der Waals surface area contributed by atoms with E-state index in [-0.39, 0.29) is 24.2 Å². The number of rotatable bonds is 7. The topological polar surface area (TPSA) is 110 Å². The maximum Gasteiger partial charge on any atom is 0.305 e. The molecule has 1 aromatic carbocycles. The highest BCUT2D eigenvalue weighted by Crippen LogP contribution is 2.13. The maximum atomic E-state index is 12.1. The molecule has 0 spiro atoms. The standard InChI is InChI=1S/C19H23N3O5/c1-12(2)17(20-13(3)23)19(25)22-21-18(24)16-10-9-15(27-16)11-26-14-7-5-4-6-8-14/h4-10,12,17H,11H2,1-3H3,(H,20,23)(H,21,24)(H,22,25)/t17-/m1/s1. The van der Waals surface area contributed by atoms with Gasteiger partial charge in [0.1, 0.15) is 24.2 Å². The van der Waals surface area contributed by atoms with Crippen LogP contribution >= 0.6 is 0 Å². The van der Waals surface area contributed by atoms with Crippen LogP contribution in [0.5, 0.6) is 5.75 Å². The molecule has 2 aromatic rings. The van der Waals surface area contributed by atoms with E-state index in [1.165, 1.54) is 13.0 Å². The minimum absolute atomic E-state index is 0.0302. The summed E-state index contributed by atoms with van der Waals surface area (Å²) in [4.78, 5) is 35.4. The Bertz CT molecular complexity index is 786. The summed E-state index contributed by atoms with van der Waals surface area (Å²) in [5.41, 5.74) is 4.56. The van der Waals surface area contributed by atoms with E-state index in [9.17, 15) is 14.4 Å². The predicted octanol–water partition coefficient (Wildman–Crippen LogP) is 1.78. The Labute approximate surface area is 157 Å². The summed E-state index contributed by atoms with van der Waals surface area (Å²) >= 11 is 0. The lowest BCUT2D eigenvalue weighted by atomic mass is 10.0. The van der Waals surface area contributed by atoms with E-state index >= 15 is 0 Å². The lowest BCUT2D eigenvalue weighted by molar-refractivity contribution is -0.129. The van der Waals surface area contributed by atoms with Gasteiger partial charge in [0, 0.05) is 6.92 Å². The van der Waals surface area contributed by atoms with Crippen molar-refractivity contribution in [2.75, 3.05) is 0 Å². The van der Waals surface area contributed by atoms with Crippen LogP contribution in [0.15, 0.2) is 46.9 Å². The zero-order chi connectivity index (χ0) is 19.8. The van der Waals surface area contributed by atoms with Crippen molar-refractivity contribution in [2.24, 2.45) is 5.92 Å². The number of ether oxygens (including phenoxy) is 1. The van der Waals surface area contributed by atoms with E-state index < -0.39 is 17.9 Å². The van der Waals surface area contributed by atoms with Gasteiger partial charge in [-0.1, -0.05) is 32.0 Å². The highest BCUT2D eigenvalue weighted by atomic mass is 16.5. The Morgan fingerprint density at radius 1 is 1.04 bits per heavy atom. The third-order valence-electron chi connectivity index (χ3n) is 3.62. The van der Waals surface area contributed by atoms with Crippen LogP contribution in [0.25, 0.3) is 0 Å². The minimum Gasteiger partial charge on any atom is -0.486 e. The number of furan rings is 1. The monoisotopic (exact) mass is 373 g/mol. The zero-order valence-corrected chi connectivity index (χ0v) is 15.4. The number of carbonyl (C=O) groups is 3. The number of hydrazine groups is 1. The smallest absolute Gasteiger partial charge is 0.305 e. The summed E-state index contributed by atoms with van der Waals surface area (Å²) in [6.45, 7) is 5.06. The summed E-state index contributed by atoms with van der Waals surface area (Å²) in [5.74, 6) is -0.422. The van der Waals surface area contributed by atoms with Crippen LogP contribution in [0.3, 0.4) is 0 Å². The quantitative estimate of drug-likeness (QED) is 0.641. The minimum atomic E-state index is -0.755.